The Morgan fingerprint density at radius 3 is 3.26 bits per heavy atom. The van der Waals surface area contributed by atoms with E-state index in [4.69, 9.17) is 4.74 Å². The van der Waals surface area contributed by atoms with Gasteiger partial charge in [-0.25, -0.2) is 15.2 Å². The molecule has 7 heteroatoms. The van der Waals surface area contributed by atoms with Crippen LogP contribution < -0.4 is 5.43 Å². The Morgan fingerprint density at radius 1 is 1.63 bits per heavy atom. The summed E-state index contributed by atoms with van der Waals surface area (Å²) in [5.41, 5.74) is 3.94. The lowest BCUT2D eigenvalue weighted by Gasteiger charge is -2.21. The van der Waals surface area contributed by atoms with Crippen LogP contribution in [0.3, 0.4) is 0 Å². The molecule has 2 amide bonds. The van der Waals surface area contributed by atoms with E-state index >= 15 is 0 Å². The van der Waals surface area contributed by atoms with Crippen molar-refractivity contribution < 1.29 is 9.53 Å². The fraction of sp³-hybridized carbons (Fsp3) is 0.333. The molecule has 0 aromatic carbocycles. The molecule has 100 valence electrons. The van der Waals surface area contributed by atoms with Crippen LogP contribution in [0.1, 0.15) is 12.5 Å². The van der Waals surface area contributed by atoms with Crippen molar-refractivity contribution in [3.63, 3.8) is 0 Å². The van der Waals surface area contributed by atoms with E-state index in [9.17, 15) is 4.79 Å². The molecule has 7 nitrogen and oxygen atoms in total. The standard InChI is InChI=1S/C12H15N5O2/c1-2-19-9-11-8-17(12(18)16-15-11)14-7-10-4-3-5-13-6-10/h3-7H,2,8-9H2,1H3,(H,16,18). The number of rotatable bonds is 5. The van der Waals surface area contributed by atoms with Gasteiger partial charge in [-0.3, -0.25) is 4.98 Å². The molecule has 0 fully saturated rings. The van der Waals surface area contributed by atoms with Gasteiger partial charge in [-0.1, -0.05) is 6.07 Å². The van der Waals surface area contributed by atoms with Gasteiger partial charge in [-0.05, 0) is 13.0 Å². The predicted octanol–water partition coefficient (Wildman–Crippen LogP) is 0.833. The molecule has 0 spiro atoms. The molecule has 0 bridgehead atoms. The van der Waals surface area contributed by atoms with Crippen LogP contribution >= 0.6 is 0 Å². The van der Waals surface area contributed by atoms with E-state index in [-0.39, 0.29) is 6.03 Å². The van der Waals surface area contributed by atoms with Crippen molar-refractivity contribution in [1.82, 2.24) is 15.4 Å². The number of carbonyl (C=O) groups excluding carboxylic acids is 1. The molecule has 2 heterocycles. The van der Waals surface area contributed by atoms with E-state index < -0.39 is 0 Å². The summed E-state index contributed by atoms with van der Waals surface area (Å²) in [4.78, 5) is 15.5. The van der Waals surface area contributed by atoms with Crippen molar-refractivity contribution in [2.24, 2.45) is 10.2 Å². The van der Waals surface area contributed by atoms with Gasteiger partial charge in [0.05, 0.1) is 25.1 Å². The van der Waals surface area contributed by atoms with Crippen LogP contribution in [0.2, 0.25) is 0 Å². The van der Waals surface area contributed by atoms with Gasteiger partial charge in [0.2, 0.25) is 0 Å². The molecule has 0 saturated carbocycles. The Balaban J connectivity index is 1.98. The molecule has 0 saturated heterocycles. The quantitative estimate of drug-likeness (QED) is 0.797. The first-order chi connectivity index (χ1) is 9.29. The predicted molar refractivity (Wildman–Crippen MR) is 71.0 cm³/mol. The zero-order valence-corrected chi connectivity index (χ0v) is 10.6. The second-order valence-corrected chi connectivity index (χ2v) is 3.82. The highest BCUT2D eigenvalue weighted by molar-refractivity contribution is 5.94. The summed E-state index contributed by atoms with van der Waals surface area (Å²) in [6.07, 6.45) is 4.93. The van der Waals surface area contributed by atoms with Gasteiger partial charge in [0.1, 0.15) is 0 Å². The van der Waals surface area contributed by atoms with Crippen LogP contribution in [0.4, 0.5) is 4.79 Å². The highest BCUT2D eigenvalue weighted by atomic mass is 16.5. The van der Waals surface area contributed by atoms with Crippen LogP contribution in [0, 0.1) is 0 Å². The third-order valence-corrected chi connectivity index (χ3v) is 2.38. The number of carbonyl (C=O) groups is 1. The first-order valence-electron chi connectivity index (χ1n) is 5.94. The number of aromatic nitrogens is 1. The van der Waals surface area contributed by atoms with Crippen LogP contribution in [0.15, 0.2) is 34.7 Å². The van der Waals surface area contributed by atoms with Crippen molar-refractivity contribution in [2.75, 3.05) is 19.8 Å². The summed E-state index contributed by atoms with van der Waals surface area (Å²) in [6, 6.07) is 3.30. The Labute approximate surface area is 111 Å². The van der Waals surface area contributed by atoms with Gasteiger partial charge >= 0.3 is 6.03 Å². The van der Waals surface area contributed by atoms with E-state index in [2.05, 4.69) is 20.6 Å². The topological polar surface area (TPSA) is 79.2 Å². The Kier molecular flexibility index (Phi) is 4.57. The highest BCUT2D eigenvalue weighted by Crippen LogP contribution is 2.00. The first-order valence-corrected chi connectivity index (χ1v) is 5.94. The Hall–Kier alpha value is -2.28. The number of hydrogen-bond donors (Lipinski definition) is 1. The third kappa shape index (κ3) is 3.85. The lowest BCUT2D eigenvalue weighted by Crippen LogP contribution is -2.44. The fourth-order valence-electron chi connectivity index (χ4n) is 1.44. The molecule has 1 aromatic heterocycles. The van der Waals surface area contributed by atoms with Gasteiger partial charge in [-0.15, -0.1) is 0 Å². The summed E-state index contributed by atoms with van der Waals surface area (Å²) >= 11 is 0. The first kappa shape index (κ1) is 13.2. The number of hydrazone groups is 2. The summed E-state index contributed by atoms with van der Waals surface area (Å²) in [5, 5.41) is 9.33. The zero-order chi connectivity index (χ0) is 13.5. The van der Waals surface area contributed by atoms with Gasteiger partial charge in [0.15, 0.2) is 0 Å². The normalized spacial score (nSPS) is 15.5. The van der Waals surface area contributed by atoms with Crippen molar-refractivity contribution >= 4 is 18.0 Å². The summed E-state index contributed by atoms with van der Waals surface area (Å²) in [5.74, 6) is 0. The van der Waals surface area contributed by atoms with Crippen LogP contribution in [-0.4, -0.2) is 47.7 Å². The van der Waals surface area contributed by atoms with Gasteiger partial charge < -0.3 is 4.74 Å². The summed E-state index contributed by atoms with van der Waals surface area (Å²) < 4.78 is 5.25. The average Bonchev–Trinajstić information content (AvgIpc) is 2.46. The average molecular weight is 261 g/mol. The number of urea groups is 1. The van der Waals surface area contributed by atoms with Crippen molar-refractivity contribution in [3.05, 3.63) is 30.1 Å². The Morgan fingerprint density at radius 2 is 2.53 bits per heavy atom. The lowest BCUT2D eigenvalue weighted by atomic mass is 10.3. The maximum absolute atomic E-state index is 11.6. The van der Waals surface area contributed by atoms with Gasteiger partial charge in [-0.2, -0.15) is 10.2 Å². The van der Waals surface area contributed by atoms with E-state index in [0.29, 0.717) is 19.8 Å². The molecule has 1 aromatic rings. The van der Waals surface area contributed by atoms with Crippen LogP contribution in [0.25, 0.3) is 0 Å². The maximum Gasteiger partial charge on any atom is 0.358 e. The molecule has 1 N–H and O–H groups in total. The summed E-state index contributed by atoms with van der Waals surface area (Å²) in [6.45, 7) is 3.21. The number of nitrogens with one attached hydrogen (secondary N) is 1. The summed E-state index contributed by atoms with van der Waals surface area (Å²) in [7, 11) is 0. The van der Waals surface area contributed by atoms with E-state index in [1.54, 1.807) is 24.7 Å². The van der Waals surface area contributed by atoms with E-state index in [1.165, 1.54) is 5.01 Å². The molecule has 2 rings (SSSR count). The SMILES string of the molecule is CCOCC1=NNC(=O)N(N=Cc2cccnc2)C1. The lowest BCUT2D eigenvalue weighted by molar-refractivity contribution is 0.178. The van der Waals surface area contributed by atoms with E-state index in [0.717, 1.165) is 11.3 Å². The van der Waals surface area contributed by atoms with Crippen molar-refractivity contribution in [2.45, 2.75) is 6.92 Å². The molecule has 0 atom stereocenters. The van der Waals surface area contributed by atoms with Crippen LogP contribution in [-0.2, 0) is 4.74 Å². The minimum absolute atomic E-state index is 0.322. The largest absolute Gasteiger partial charge is 0.376 e. The molecular weight excluding hydrogens is 246 g/mol. The number of amides is 2. The molecule has 0 aliphatic carbocycles. The van der Waals surface area contributed by atoms with E-state index in [1.807, 2.05) is 13.0 Å². The second kappa shape index (κ2) is 6.60. The minimum atomic E-state index is -0.361. The molecule has 1 aliphatic heterocycles. The zero-order valence-electron chi connectivity index (χ0n) is 10.6. The number of ether oxygens (including phenoxy) is 1. The Bertz CT molecular complexity index is 486. The van der Waals surface area contributed by atoms with Crippen molar-refractivity contribution in [1.29, 1.82) is 0 Å². The number of nitrogens with zero attached hydrogens (tertiary/aromatic N) is 4. The second-order valence-electron chi connectivity index (χ2n) is 3.82. The van der Waals surface area contributed by atoms with Crippen LogP contribution in [0.5, 0.6) is 0 Å². The van der Waals surface area contributed by atoms with Crippen molar-refractivity contribution in [3.8, 4) is 0 Å². The number of hydrogen-bond acceptors (Lipinski definition) is 5. The molecule has 0 radical (unpaired) electrons. The smallest absolute Gasteiger partial charge is 0.358 e. The molecule has 0 unspecified atom stereocenters. The minimum Gasteiger partial charge on any atom is -0.376 e. The van der Waals surface area contributed by atoms with Gasteiger partial charge in [0, 0.05) is 24.6 Å². The molecule has 1 aliphatic rings. The maximum atomic E-state index is 11.6. The monoisotopic (exact) mass is 261 g/mol. The molecule has 19 heavy (non-hydrogen) atoms. The third-order valence-electron chi connectivity index (χ3n) is 2.38. The highest BCUT2D eigenvalue weighted by Gasteiger charge is 2.19. The van der Waals surface area contributed by atoms with Gasteiger partial charge in [0.25, 0.3) is 0 Å². The molecular formula is C12H15N5O2. The fourth-order valence-corrected chi connectivity index (χ4v) is 1.44. The number of pyridine rings is 1.